The number of ether oxygens (including phenoxy) is 3. The first-order chi connectivity index (χ1) is 20.1. The third kappa shape index (κ3) is 5.88. The Kier molecular flexibility index (Phi) is 8.07. The number of halogens is 1. The van der Waals surface area contributed by atoms with Crippen molar-refractivity contribution in [2.24, 2.45) is 0 Å². The number of hydrogen-bond acceptors (Lipinski definition) is 6. The zero-order valence-corrected chi connectivity index (χ0v) is 24.5. The molecule has 0 unspecified atom stereocenters. The van der Waals surface area contributed by atoms with Gasteiger partial charge in [0, 0.05) is 30.3 Å². The number of benzene rings is 3. The van der Waals surface area contributed by atoms with Gasteiger partial charge >= 0.3 is 5.97 Å². The number of carbonyl (C=O) groups is 2. The second kappa shape index (κ2) is 11.7. The van der Waals surface area contributed by atoms with Crippen molar-refractivity contribution in [3.05, 3.63) is 89.3 Å². The van der Waals surface area contributed by atoms with Gasteiger partial charge in [0.2, 0.25) is 0 Å². The van der Waals surface area contributed by atoms with Crippen molar-refractivity contribution in [3.63, 3.8) is 0 Å². The summed E-state index contributed by atoms with van der Waals surface area (Å²) in [6.07, 6.45) is 7.97. The minimum Gasteiger partial charge on any atom is -0.496 e. The van der Waals surface area contributed by atoms with E-state index in [1.54, 1.807) is 37.3 Å². The molecule has 1 amide bonds. The molecule has 1 aliphatic heterocycles. The molecule has 0 saturated carbocycles. The number of fused-ring (bicyclic) bond motifs is 1. The lowest BCUT2D eigenvalue weighted by molar-refractivity contribution is -0.133. The van der Waals surface area contributed by atoms with Crippen molar-refractivity contribution < 1.29 is 28.2 Å². The summed E-state index contributed by atoms with van der Waals surface area (Å²) in [6.45, 7) is 5.57. The summed E-state index contributed by atoms with van der Waals surface area (Å²) < 4.78 is 31.6. The van der Waals surface area contributed by atoms with Crippen LogP contribution in [0.3, 0.4) is 0 Å². The lowest BCUT2D eigenvalue weighted by Crippen LogP contribution is -2.52. The Hall–Kier alpha value is -4.59. The van der Waals surface area contributed by atoms with Crippen molar-refractivity contribution in [2.75, 3.05) is 24.4 Å². The highest BCUT2D eigenvalue weighted by atomic mass is 19.1. The molecule has 1 N–H and O–H groups in total. The number of aryl methyl sites for hydroxylation is 1. The molecule has 1 heterocycles. The molecule has 0 spiro atoms. The second-order valence-corrected chi connectivity index (χ2v) is 11.1. The third-order valence-electron chi connectivity index (χ3n) is 7.59. The van der Waals surface area contributed by atoms with E-state index >= 15 is 0 Å². The average molecular weight is 571 g/mol. The van der Waals surface area contributed by atoms with Gasteiger partial charge in [-0.05, 0) is 69.0 Å². The van der Waals surface area contributed by atoms with E-state index in [1.807, 2.05) is 51.1 Å². The van der Waals surface area contributed by atoms with E-state index in [4.69, 9.17) is 14.2 Å². The van der Waals surface area contributed by atoms with Gasteiger partial charge in [-0.25, -0.2) is 4.39 Å². The molecule has 7 nitrogen and oxygen atoms in total. The normalized spacial score (nSPS) is 15.4. The Morgan fingerprint density at radius 3 is 2.60 bits per heavy atom. The first-order valence-electron chi connectivity index (χ1n) is 13.9. The molecule has 218 valence electrons. The summed E-state index contributed by atoms with van der Waals surface area (Å²) in [5.41, 5.74) is 4.67. The van der Waals surface area contributed by atoms with Gasteiger partial charge in [0.05, 0.1) is 24.9 Å². The summed E-state index contributed by atoms with van der Waals surface area (Å²) in [4.78, 5) is 27.5. The highest BCUT2D eigenvalue weighted by Gasteiger charge is 2.38. The van der Waals surface area contributed by atoms with Gasteiger partial charge in [-0.2, -0.15) is 0 Å². The Morgan fingerprint density at radius 1 is 1.07 bits per heavy atom. The first-order valence-corrected chi connectivity index (χ1v) is 13.9. The molecule has 0 bridgehead atoms. The van der Waals surface area contributed by atoms with Crippen LogP contribution < -0.4 is 24.4 Å². The van der Waals surface area contributed by atoms with Crippen LogP contribution in [-0.4, -0.2) is 31.6 Å². The molecule has 42 heavy (non-hydrogen) atoms. The van der Waals surface area contributed by atoms with Crippen LogP contribution in [0.4, 0.5) is 15.8 Å². The van der Waals surface area contributed by atoms with Crippen molar-refractivity contribution >= 4 is 23.3 Å². The van der Waals surface area contributed by atoms with E-state index in [0.717, 1.165) is 46.4 Å². The zero-order valence-electron chi connectivity index (χ0n) is 24.5. The molecular formula is C34H35FN2O5. The number of nitrogens with one attached hydrogen (secondary N) is 1. The van der Waals surface area contributed by atoms with Crippen molar-refractivity contribution in [1.82, 2.24) is 0 Å². The Morgan fingerprint density at radius 2 is 1.86 bits per heavy atom. The highest BCUT2D eigenvalue weighted by molar-refractivity contribution is 6.08. The standard InChI is InChI=1S/C34H35FN2O5/c1-21-11-12-23(35)18-29(21)41-20-27-25(15-16-28-32(27)37(4)33(39)34(2,3)36-28)26-14-13-24(19-30(26)40-5)42-31(38)17-22-9-7-6-8-10-22/h6-7,9,11-16,18-19,36H,8,10,17,20H2,1-5H3. The van der Waals surface area contributed by atoms with Gasteiger partial charge in [0.25, 0.3) is 5.91 Å². The van der Waals surface area contributed by atoms with Crippen LogP contribution in [0.1, 0.15) is 44.2 Å². The minimum absolute atomic E-state index is 0.0615. The van der Waals surface area contributed by atoms with E-state index < -0.39 is 11.4 Å². The molecule has 0 aromatic heterocycles. The summed E-state index contributed by atoms with van der Waals surface area (Å²) >= 11 is 0. The maximum atomic E-state index is 14.0. The molecule has 2 aliphatic rings. The van der Waals surface area contributed by atoms with Crippen LogP contribution in [0.25, 0.3) is 11.1 Å². The van der Waals surface area contributed by atoms with E-state index in [9.17, 15) is 14.0 Å². The van der Waals surface area contributed by atoms with Gasteiger partial charge in [0.1, 0.15) is 35.2 Å². The summed E-state index contributed by atoms with van der Waals surface area (Å²) in [7, 11) is 3.29. The Labute approximate surface area is 245 Å². The number of anilines is 2. The number of carbonyl (C=O) groups excluding carboxylic acids is 2. The quantitative estimate of drug-likeness (QED) is 0.229. The van der Waals surface area contributed by atoms with Crippen LogP contribution in [-0.2, 0) is 16.2 Å². The first kappa shape index (κ1) is 28.9. The van der Waals surface area contributed by atoms with Gasteiger partial charge in [0.15, 0.2) is 0 Å². The van der Waals surface area contributed by atoms with E-state index in [-0.39, 0.29) is 24.9 Å². The third-order valence-corrected chi connectivity index (χ3v) is 7.59. The second-order valence-electron chi connectivity index (χ2n) is 11.1. The smallest absolute Gasteiger partial charge is 0.315 e. The topological polar surface area (TPSA) is 77.1 Å². The molecule has 8 heteroatoms. The van der Waals surface area contributed by atoms with Crippen LogP contribution in [0.5, 0.6) is 17.2 Å². The van der Waals surface area contributed by atoms with E-state index in [0.29, 0.717) is 22.9 Å². The monoisotopic (exact) mass is 570 g/mol. The lowest BCUT2D eigenvalue weighted by Gasteiger charge is -2.39. The van der Waals surface area contributed by atoms with Gasteiger partial charge in [-0.15, -0.1) is 0 Å². The fourth-order valence-electron chi connectivity index (χ4n) is 5.42. The average Bonchev–Trinajstić information content (AvgIpc) is 2.96. The number of methoxy groups -OCH3 is 1. The molecule has 0 saturated heterocycles. The summed E-state index contributed by atoms with van der Waals surface area (Å²) in [5.74, 6) is 0.427. The SMILES string of the molecule is COc1cc(OC(=O)CC2=CC=CCC2)ccc1-c1ccc2c(c1COc1cc(F)ccc1C)N(C)C(=O)C(C)(C)N2. The van der Waals surface area contributed by atoms with Crippen LogP contribution in [0, 0.1) is 12.7 Å². The van der Waals surface area contributed by atoms with Crippen LogP contribution in [0.2, 0.25) is 0 Å². The number of esters is 1. The fraction of sp³-hybridized carbons (Fsp3) is 0.294. The van der Waals surface area contributed by atoms with Gasteiger partial charge in [-0.3, -0.25) is 9.59 Å². The molecular weight excluding hydrogens is 535 g/mol. The number of nitrogens with zero attached hydrogens (tertiary/aromatic N) is 1. The molecule has 1 aliphatic carbocycles. The Bertz CT molecular complexity index is 1610. The molecule has 3 aromatic carbocycles. The molecule has 3 aromatic rings. The predicted molar refractivity (Wildman–Crippen MR) is 162 cm³/mol. The van der Waals surface area contributed by atoms with Gasteiger partial charge in [-0.1, -0.05) is 35.9 Å². The fourth-order valence-corrected chi connectivity index (χ4v) is 5.42. The lowest BCUT2D eigenvalue weighted by atomic mass is 9.91. The predicted octanol–water partition coefficient (Wildman–Crippen LogP) is 7.13. The van der Waals surface area contributed by atoms with Crippen LogP contribution >= 0.6 is 0 Å². The molecule has 5 rings (SSSR count). The number of likely N-dealkylation sites (N-methyl/N-ethyl adjacent to an activating group) is 1. The maximum Gasteiger partial charge on any atom is 0.315 e. The summed E-state index contributed by atoms with van der Waals surface area (Å²) in [6, 6.07) is 13.5. The van der Waals surface area contributed by atoms with Gasteiger partial charge < -0.3 is 24.4 Å². The number of hydrogen-bond donors (Lipinski definition) is 1. The number of allylic oxidation sites excluding steroid dienone is 3. The zero-order chi connectivity index (χ0) is 30.0. The van der Waals surface area contributed by atoms with Crippen molar-refractivity contribution in [1.29, 1.82) is 0 Å². The number of amides is 1. The molecule has 0 fully saturated rings. The maximum absolute atomic E-state index is 14.0. The summed E-state index contributed by atoms with van der Waals surface area (Å²) in [5, 5.41) is 3.34. The molecule has 0 radical (unpaired) electrons. The van der Waals surface area contributed by atoms with E-state index in [1.165, 1.54) is 12.1 Å². The van der Waals surface area contributed by atoms with Crippen LogP contribution in [0.15, 0.2) is 72.3 Å². The largest absolute Gasteiger partial charge is 0.496 e. The van der Waals surface area contributed by atoms with Crippen molar-refractivity contribution in [3.8, 4) is 28.4 Å². The molecule has 0 atom stereocenters. The minimum atomic E-state index is -0.798. The Balaban J connectivity index is 1.53. The van der Waals surface area contributed by atoms with E-state index in [2.05, 4.69) is 11.4 Å². The number of rotatable bonds is 8. The van der Waals surface area contributed by atoms with Crippen molar-refractivity contribution in [2.45, 2.75) is 52.2 Å². The highest BCUT2D eigenvalue weighted by Crippen LogP contribution is 2.45.